The van der Waals surface area contributed by atoms with E-state index in [1.807, 2.05) is 7.05 Å². The number of hydrogen-bond acceptors (Lipinski definition) is 5. The molecular weight excluding hydrogens is 455 g/mol. The predicted octanol–water partition coefficient (Wildman–Crippen LogP) is 4.72. The minimum atomic E-state index is -1.32. The van der Waals surface area contributed by atoms with E-state index in [1.54, 1.807) is 19.2 Å². The Labute approximate surface area is 210 Å². The smallest absolute Gasteiger partial charge is 0.147 e. The molecule has 1 saturated carbocycles. The number of aliphatic hydroxyl groups is 2. The Morgan fingerprint density at radius 3 is 2.68 bits per heavy atom. The minimum absolute atomic E-state index is 0.0159. The van der Waals surface area contributed by atoms with Crippen molar-refractivity contribution in [2.75, 3.05) is 40.4 Å². The van der Waals surface area contributed by atoms with Crippen LogP contribution in [0.4, 0.5) is 4.39 Å². The van der Waals surface area contributed by atoms with Gasteiger partial charge in [0.25, 0.3) is 0 Å². The second kappa shape index (κ2) is 13.5. The predicted molar refractivity (Wildman–Crippen MR) is 136 cm³/mol. The highest BCUT2D eigenvalue weighted by molar-refractivity contribution is 6.30. The monoisotopic (exact) mass is 498 g/mol. The van der Waals surface area contributed by atoms with Gasteiger partial charge in [-0.25, -0.2) is 4.39 Å². The summed E-state index contributed by atoms with van der Waals surface area (Å²) in [5, 5.41) is 26.8. The first kappa shape index (κ1) is 27.8. The number of halogens is 2. The number of piperidine rings is 1. The largest absolute Gasteiger partial charge is 0.391 e. The first-order chi connectivity index (χ1) is 16.4. The molecule has 1 heterocycles. The van der Waals surface area contributed by atoms with Crippen LogP contribution < -0.4 is 5.32 Å². The van der Waals surface area contributed by atoms with Crippen molar-refractivity contribution in [1.82, 2.24) is 10.2 Å². The van der Waals surface area contributed by atoms with Crippen LogP contribution in [-0.2, 0) is 10.3 Å². The van der Waals surface area contributed by atoms with Crippen molar-refractivity contribution in [2.45, 2.75) is 82.0 Å². The maximum atomic E-state index is 15.2. The standard InChI is InChI=1S/C27H44ClFN2O3/c1-30-18-24(26(32)20-10-4-3-5-11-20)31-16-9-12-21(19-31)27(33,15-6-7-17-34-2)22-13-8-14-23(28)25(22)29/h8,13-14,20-21,24,26,30,32-33H,3-7,9-12,15-19H2,1-2H3/t21?,24-,26+,27+/m1/s1. The molecule has 0 aromatic heterocycles. The molecule has 0 spiro atoms. The van der Waals surface area contributed by atoms with Crippen molar-refractivity contribution in [2.24, 2.45) is 11.8 Å². The summed E-state index contributed by atoms with van der Waals surface area (Å²) in [5.41, 5.74) is -1.02. The number of nitrogens with zero attached hydrogens (tertiary/aromatic N) is 1. The van der Waals surface area contributed by atoms with Gasteiger partial charge < -0.3 is 20.3 Å². The lowest BCUT2D eigenvalue weighted by Gasteiger charge is -2.47. The van der Waals surface area contributed by atoms with Gasteiger partial charge in [0, 0.05) is 44.3 Å². The number of aliphatic hydroxyl groups excluding tert-OH is 1. The van der Waals surface area contributed by atoms with Crippen molar-refractivity contribution in [3.63, 3.8) is 0 Å². The van der Waals surface area contributed by atoms with Crippen LogP contribution in [0.5, 0.6) is 0 Å². The maximum Gasteiger partial charge on any atom is 0.147 e. The number of hydrogen-bond donors (Lipinski definition) is 3. The van der Waals surface area contributed by atoms with Crippen LogP contribution in [0.25, 0.3) is 0 Å². The summed E-state index contributed by atoms with van der Waals surface area (Å²) in [5.74, 6) is -0.343. The van der Waals surface area contributed by atoms with Gasteiger partial charge in [0.15, 0.2) is 0 Å². The van der Waals surface area contributed by atoms with Gasteiger partial charge in [0.2, 0.25) is 0 Å². The van der Waals surface area contributed by atoms with Gasteiger partial charge in [-0.2, -0.15) is 0 Å². The van der Waals surface area contributed by atoms with E-state index in [4.69, 9.17) is 16.3 Å². The molecule has 3 rings (SSSR count). The number of nitrogens with one attached hydrogen (secondary N) is 1. The highest BCUT2D eigenvalue weighted by atomic mass is 35.5. The zero-order valence-electron chi connectivity index (χ0n) is 20.9. The third-order valence-corrected chi connectivity index (χ3v) is 8.40. The van der Waals surface area contributed by atoms with Crippen LogP contribution >= 0.6 is 11.6 Å². The SMILES string of the molecule is CNC[C@H]([C@@H](O)C1CCCCC1)N1CCCC([C@@](O)(CCCCOC)c2cccc(Cl)c2F)C1. The first-order valence-electron chi connectivity index (χ1n) is 13.1. The third kappa shape index (κ3) is 6.71. The molecule has 1 aromatic rings. The van der Waals surface area contributed by atoms with E-state index < -0.39 is 17.5 Å². The molecule has 194 valence electrons. The van der Waals surface area contributed by atoms with Crippen molar-refractivity contribution in [3.05, 3.63) is 34.6 Å². The molecule has 1 aliphatic carbocycles. The van der Waals surface area contributed by atoms with E-state index >= 15 is 4.39 Å². The quantitative estimate of drug-likeness (QED) is 0.364. The van der Waals surface area contributed by atoms with E-state index in [0.717, 1.165) is 45.1 Å². The van der Waals surface area contributed by atoms with Crippen molar-refractivity contribution < 1.29 is 19.3 Å². The fourth-order valence-electron chi connectivity index (χ4n) is 6.20. The number of likely N-dealkylation sites (tertiary alicyclic amines) is 1. The zero-order valence-corrected chi connectivity index (χ0v) is 21.7. The molecule has 0 amide bonds. The van der Waals surface area contributed by atoms with E-state index in [2.05, 4.69) is 10.2 Å². The van der Waals surface area contributed by atoms with Gasteiger partial charge in [-0.05, 0) is 70.5 Å². The molecule has 1 saturated heterocycles. The Morgan fingerprint density at radius 2 is 1.97 bits per heavy atom. The van der Waals surface area contributed by atoms with Crippen molar-refractivity contribution in [3.8, 4) is 0 Å². The molecule has 0 radical (unpaired) electrons. The summed E-state index contributed by atoms with van der Waals surface area (Å²) in [4.78, 5) is 2.34. The molecule has 1 unspecified atom stereocenters. The van der Waals surface area contributed by atoms with Gasteiger partial charge >= 0.3 is 0 Å². The second-order valence-corrected chi connectivity index (χ2v) is 10.7. The second-order valence-electron chi connectivity index (χ2n) is 10.3. The Kier molecular flexibility index (Phi) is 11.1. The van der Waals surface area contributed by atoms with Crippen LogP contribution in [0.2, 0.25) is 5.02 Å². The van der Waals surface area contributed by atoms with Crippen LogP contribution in [0.1, 0.15) is 69.8 Å². The molecule has 2 aliphatic rings. The van der Waals surface area contributed by atoms with E-state index in [-0.39, 0.29) is 17.0 Å². The molecule has 34 heavy (non-hydrogen) atoms. The highest BCUT2D eigenvalue weighted by Gasteiger charge is 2.44. The number of rotatable bonds is 12. The molecule has 4 atom stereocenters. The summed E-state index contributed by atoms with van der Waals surface area (Å²) in [6.45, 7) is 2.82. The van der Waals surface area contributed by atoms with Crippen LogP contribution in [0.15, 0.2) is 18.2 Å². The van der Waals surface area contributed by atoms with Gasteiger partial charge in [0.1, 0.15) is 5.82 Å². The molecular formula is C27H44ClFN2O3. The van der Waals surface area contributed by atoms with Gasteiger partial charge in [0.05, 0.1) is 16.7 Å². The van der Waals surface area contributed by atoms with Gasteiger partial charge in [-0.1, -0.05) is 43.0 Å². The summed E-state index contributed by atoms with van der Waals surface area (Å²) < 4.78 is 20.4. The minimum Gasteiger partial charge on any atom is -0.391 e. The van der Waals surface area contributed by atoms with Crippen LogP contribution in [0.3, 0.4) is 0 Å². The summed E-state index contributed by atoms with van der Waals surface area (Å²) in [6.07, 6.45) is 9.10. The first-order valence-corrected chi connectivity index (χ1v) is 13.5. The fraction of sp³-hybridized carbons (Fsp3) is 0.778. The Morgan fingerprint density at radius 1 is 1.21 bits per heavy atom. The lowest BCUT2D eigenvalue weighted by atomic mass is 9.73. The molecule has 0 bridgehead atoms. The average Bonchev–Trinajstić information content (AvgIpc) is 2.87. The fourth-order valence-corrected chi connectivity index (χ4v) is 6.37. The number of ether oxygens (including phenoxy) is 1. The average molecular weight is 499 g/mol. The normalized spacial score (nSPS) is 24.0. The maximum absolute atomic E-state index is 15.2. The number of benzene rings is 1. The third-order valence-electron chi connectivity index (χ3n) is 8.11. The Bertz CT molecular complexity index is 749. The number of likely N-dealkylation sites (N-methyl/N-ethyl adjacent to an activating group) is 1. The summed E-state index contributed by atoms with van der Waals surface area (Å²) >= 11 is 6.13. The lowest BCUT2D eigenvalue weighted by molar-refractivity contribution is -0.0845. The Hall–Kier alpha value is -0.760. The van der Waals surface area contributed by atoms with E-state index in [9.17, 15) is 10.2 Å². The van der Waals surface area contributed by atoms with Crippen molar-refractivity contribution >= 4 is 11.6 Å². The molecule has 5 nitrogen and oxygen atoms in total. The van der Waals surface area contributed by atoms with E-state index in [1.165, 1.54) is 25.3 Å². The highest BCUT2D eigenvalue weighted by Crippen LogP contribution is 2.42. The van der Waals surface area contributed by atoms with Gasteiger partial charge in [-0.3, -0.25) is 4.90 Å². The molecule has 1 aliphatic heterocycles. The molecule has 3 N–H and O–H groups in total. The van der Waals surface area contributed by atoms with Crippen molar-refractivity contribution in [1.29, 1.82) is 0 Å². The van der Waals surface area contributed by atoms with Gasteiger partial charge in [-0.15, -0.1) is 0 Å². The van der Waals surface area contributed by atoms with Crippen LogP contribution in [0, 0.1) is 17.7 Å². The summed E-state index contributed by atoms with van der Waals surface area (Å²) in [7, 11) is 3.59. The van der Waals surface area contributed by atoms with Crippen LogP contribution in [-0.4, -0.2) is 67.7 Å². The molecule has 2 fully saturated rings. The van der Waals surface area contributed by atoms with E-state index in [0.29, 0.717) is 37.6 Å². The molecule has 7 heteroatoms. The molecule has 1 aromatic carbocycles. The topological polar surface area (TPSA) is 65.0 Å². The number of unbranched alkanes of at least 4 members (excludes halogenated alkanes) is 1. The summed E-state index contributed by atoms with van der Waals surface area (Å²) in [6, 6.07) is 4.91. The Balaban J connectivity index is 1.83. The number of methoxy groups -OCH3 is 1. The lowest BCUT2D eigenvalue weighted by Crippen LogP contribution is -2.57. The zero-order chi connectivity index (χ0) is 24.6.